The van der Waals surface area contributed by atoms with E-state index < -0.39 is 4.92 Å². The van der Waals surface area contributed by atoms with Gasteiger partial charge in [0.15, 0.2) is 4.32 Å². The molecule has 3 aromatic rings. The Labute approximate surface area is 226 Å². The van der Waals surface area contributed by atoms with E-state index in [0.29, 0.717) is 41.2 Å². The van der Waals surface area contributed by atoms with Gasteiger partial charge in [0.05, 0.1) is 24.5 Å². The van der Waals surface area contributed by atoms with E-state index in [2.05, 4.69) is 31.9 Å². The van der Waals surface area contributed by atoms with Crippen molar-refractivity contribution < 1.29 is 14.5 Å². The maximum absolute atomic E-state index is 13.0. The summed E-state index contributed by atoms with van der Waals surface area (Å²) in [6.07, 6.45) is 1.74. The van der Waals surface area contributed by atoms with E-state index in [1.54, 1.807) is 18.2 Å². The normalized spacial score (nSPS) is 14.7. The molecule has 1 aliphatic heterocycles. The molecule has 0 bridgehead atoms. The largest absolute Gasteiger partial charge is 0.487 e. The maximum atomic E-state index is 13.0. The number of anilines is 1. The predicted octanol–water partition coefficient (Wildman–Crippen LogP) is 7.76. The Balaban J connectivity index is 1.53. The third-order valence-corrected chi connectivity index (χ3v) is 7.46. The van der Waals surface area contributed by atoms with Gasteiger partial charge in [-0.1, -0.05) is 47.7 Å². The number of thioether (sulfide) groups is 1. The van der Waals surface area contributed by atoms with E-state index in [1.165, 1.54) is 40.9 Å². The van der Waals surface area contributed by atoms with Crippen LogP contribution in [0.25, 0.3) is 6.08 Å². The van der Waals surface area contributed by atoms with Crippen molar-refractivity contribution >= 4 is 95.1 Å². The van der Waals surface area contributed by atoms with Crippen molar-refractivity contribution in [3.63, 3.8) is 0 Å². The van der Waals surface area contributed by atoms with Crippen LogP contribution >= 0.6 is 67.4 Å². The molecule has 1 saturated heterocycles. The second-order valence-electron chi connectivity index (χ2n) is 7.02. The molecule has 172 valence electrons. The molecule has 6 nitrogen and oxygen atoms in total. The smallest absolute Gasteiger partial charge is 0.270 e. The third-order valence-electron chi connectivity index (χ3n) is 4.73. The number of hydrogen-bond acceptors (Lipinski definition) is 6. The molecule has 4 rings (SSSR count). The highest BCUT2D eigenvalue weighted by atomic mass is 79.9. The number of nitrogens with zero attached hydrogens (tertiary/aromatic N) is 2. The molecule has 0 atom stereocenters. The van der Waals surface area contributed by atoms with Crippen molar-refractivity contribution in [3.05, 3.63) is 101 Å². The summed E-state index contributed by atoms with van der Waals surface area (Å²) in [6, 6.07) is 16.8. The first kappa shape index (κ1) is 24.9. The van der Waals surface area contributed by atoms with Gasteiger partial charge in [0.2, 0.25) is 0 Å². The fraction of sp³-hybridized carbons (Fsp3) is 0.0435. The minimum absolute atomic E-state index is 0.0576. The average Bonchev–Trinajstić information content (AvgIpc) is 3.07. The fourth-order valence-corrected chi connectivity index (χ4v) is 5.98. The predicted molar refractivity (Wildman–Crippen MR) is 146 cm³/mol. The summed E-state index contributed by atoms with van der Waals surface area (Å²) in [4.78, 5) is 25.2. The van der Waals surface area contributed by atoms with Crippen molar-refractivity contribution in [1.29, 1.82) is 0 Å². The molecule has 0 saturated carbocycles. The summed E-state index contributed by atoms with van der Waals surface area (Å²) in [5, 5.41) is 11.5. The second kappa shape index (κ2) is 10.6. The Morgan fingerprint density at radius 3 is 2.29 bits per heavy atom. The first-order valence-corrected chi connectivity index (χ1v) is 12.8. The lowest BCUT2D eigenvalue weighted by molar-refractivity contribution is -0.384. The van der Waals surface area contributed by atoms with Crippen molar-refractivity contribution in [1.82, 2.24) is 0 Å². The number of carbonyl (C=O) groups is 1. The van der Waals surface area contributed by atoms with Crippen LogP contribution in [0.1, 0.15) is 11.1 Å². The zero-order valence-corrected chi connectivity index (χ0v) is 22.6. The van der Waals surface area contributed by atoms with E-state index in [0.717, 1.165) is 11.1 Å². The van der Waals surface area contributed by atoms with Gasteiger partial charge in [-0.2, -0.15) is 0 Å². The van der Waals surface area contributed by atoms with Crippen LogP contribution in [0.4, 0.5) is 11.4 Å². The lowest BCUT2D eigenvalue weighted by Gasteiger charge is -2.14. The summed E-state index contributed by atoms with van der Waals surface area (Å²) in [7, 11) is 0. The monoisotopic (exact) mass is 638 g/mol. The van der Waals surface area contributed by atoms with E-state index in [-0.39, 0.29) is 11.6 Å². The molecule has 0 N–H and O–H groups in total. The molecule has 11 heteroatoms. The summed E-state index contributed by atoms with van der Waals surface area (Å²) >= 11 is 19.6. The fourth-order valence-electron chi connectivity index (χ4n) is 3.10. The highest BCUT2D eigenvalue weighted by Crippen LogP contribution is 2.39. The number of benzene rings is 3. The molecule has 0 spiro atoms. The van der Waals surface area contributed by atoms with Gasteiger partial charge in [-0.15, -0.1) is 0 Å². The molecule has 0 radical (unpaired) electrons. The van der Waals surface area contributed by atoms with Gasteiger partial charge < -0.3 is 4.74 Å². The lowest BCUT2D eigenvalue weighted by atomic mass is 10.2. The summed E-state index contributed by atoms with van der Waals surface area (Å²) in [5.74, 6) is 0.338. The molecule has 3 aromatic carbocycles. The van der Waals surface area contributed by atoms with Gasteiger partial charge in [0.25, 0.3) is 11.6 Å². The zero-order chi connectivity index (χ0) is 24.4. The number of ether oxygens (including phenoxy) is 1. The van der Waals surface area contributed by atoms with Gasteiger partial charge in [-0.3, -0.25) is 19.8 Å². The molecular formula is C23H13Br2ClN2O4S2. The molecule has 34 heavy (non-hydrogen) atoms. The quantitative estimate of drug-likeness (QED) is 0.119. The van der Waals surface area contributed by atoms with Crippen LogP contribution in [-0.2, 0) is 11.4 Å². The number of nitro groups is 1. The highest BCUT2D eigenvalue weighted by Gasteiger charge is 2.33. The molecule has 1 fully saturated rings. The summed E-state index contributed by atoms with van der Waals surface area (Å²) < 4.78 is 7.74. The number of hydrogen-bond donors (Lipinski definition) is 0. The molecule has 0 unspecified atom stereocenters. The van der Waals surface area contributed by atoms with E-state index in [1.807, 2.05) is 24.3 Å². The Morgan fingerprint density at radius 2 is 1.71 bits per heavy atom. The van der Waals surface area contributed by atoms with Gasteiger partial charge in [0.1, 0.15) is 12.4 Å². The maximum Gasteiger partial charge on any atom is 0.270 e. The van der Waals surface area contributed by atoms with Crippen LogP contribution in [-0.4, -0.2) is 15.2 Å². The third kappa shape index (κ3) is 5.52. The van der Waals surface area contributed by atoms with Crippen molar-refractivity contribution in [3.8, 4) is 5.75 Å². The van der Waals surface area contributed by atoms with Crippen LogP contribution in [0.2, 0.25) is 5.02 Å². The number of carbonyl (C=O) groups excluding carboxylic acids is 1. The van der Waals surface area contributed by atoms with Crippen LogP contribution in [0.5, 0.6) is 5.75 Å². The SMILES string of the molecule is O=C1/C(=C/c2cc(Br)c(OCc3ccc(Cl)cc3)c(Br)c2)SC(=S)N1c1ccc([N+](=O)[O-])cc1. The Hall–Kier alpha value is -2.24. The van der Waals surface area contributed by atoms with Gasteiger partial charge in [0, 0.05) is 17.2 Å². The van der Waals surface area contributed by atoms with E-state index in [9.17, 15) is 14.9 Å². The standard InChI is InChI=1S/C23H13Br2ClN2O4S2/c24-18-9-14(10-19(25)21(18)32-12-13-1-3-15(26)4-2-13)11-20-22(29)27(23(33)34-20)16-5-7-17(8-6-16)28(30)31/h1-11H,12H2/b20-11-. The highest BCUT2D eigenvalue weighted by molar-refractivity contribution is 9.11. The van der Waals surface area contributed by atoms with Gasteiger partial charge in [-0.25, -0.2) is 0 Å². The molecule has 1 heterocycles. The number of rotatable bonds is 6. The van der Waals surface area contributed by atoms with Crippen LogP contribution in [0.3, 0.4) is 0 Å². The van der Waals surface area contributed by atoms with Gasteiger partial charge >= 0.3 is 0 Å². The summed E-state index contributed by atoms with van der Waals surface area (Å²) in [6.45, 7) is 0.363. The number of nitro benzene ring substituents is 1. The second-order valence-corrected chi connectivity index (χ2v) is 10.8. The minimum Gasteiger partial charge on any atom is -0.487 e. The minimum atomic E-state index is -0.494. The average molecular weight is 641 g/mol. The molecule has 1 aliphatic rings. The van der Waals surface area contributed by atoms with E-state index >= 15 is 0 Å². The molecule has 1 amide bonds. The lowest BCUT2D eigenvalue weighted by Crippen LogP contribution is -2.27. The number of amides is 1. The Morgan fingerprint density at radius 1 is 1.09 bits per heavy atom. The van der Waals surface area contributed by atoms with Crippen molar-refractivity contribution in [2.24, 2.45) is 0 Å². The molecular weight excluding hydrogens is 628 g/mol. The number of non-ortho nitro benzene ring substituents is 1. The zero-order valence-electron chi connectivity index (χ0n) is 17.0. The van der Waals surface area contributed by atoms with Gasteiger partial charge in [-0.05, 0) is 85.5 Å². The summed E-state index contributed by atoms with van der Waals surface area (Å²) in [5.41, 5.74) is 2.16. The Kier molecular flexibility index (Phi) is 7.73. The van der Waals surface area contributed by atoms with E-state index in [4.69, 9.17) is 28.6 Å². The topological polar surface area (TPSA) is 72.7 Å². The first-order valence-electron chi connectivity index (χ1n) is 9.61. The number of halogens is 3. The van der Waals surface area contributed by atoms with Crippen molar-refractivity contribution in [2.75, 3.05) is 4.90 Å². The van der Waals surface area contributed by atoms with Crippen LogP contribution in [0, 0.1) is 10.1 Å². The molecule has 0 aromatic heterocycles. The Bertz CT molecular complexity index is 1310. The number of thiocarbonyl (C=S) groups is 1. The first-order chi connectivity index (χ1) is 16.2. The van der Waals surface area contributed by atoms with Crippen molar-refractivity contribution in [2.45, 2.75) is 6.61 Å². The molecule has 0 aliphatic carbocycles. The van der Waals surface area contributed by atoms with Crippen LogP contribution in [0.15, 0.2) is 74.5 Å². The van der Waals surface area contributed by atoms with Crippen LogP contribution < -0.4 is 9.64 Å².